The lowest BCUT2D eigenvalue weighted by Gasteiger charge is -2.34. The van der Waals surface area contributed by atoms with E-state index < -0.39 is 11.4 Å². The van der Waals surface area contributed by atoms with Crippen LogP contribution in [0.3, 0.4) is 0 Å². The van der Waals surface area contributed by atoms with Crippen molar-refractivity contribution in [2.45, 2.75) is 39.2 Å². The third-order valence-electron chi connectivity index (χ3n) is 3.65. The quantitative estimate of drug-likeness (QED) is 0.787. The van der Waals surface area contributed by atoms with Crippen LogP contribution < -0.4 is 4.90 Å². The molecule has 1 fully saturated rings. The standard InChI is InChI=1S/C17H21FN2O2/c1-17(2,3)22-16(21)13-6-8-20(9-7-13)15-5-4-12(11-19)10-14(15)18/h4-5,10,13H,6-9H2,1-3H3. The summed E-state index contributed by atoms with van der Waals surface area (Å²) in [5, 5.41) is 8.77. The first kappa shape index (κ1) is 16.3. The van der Waals surface area contributed by atoms with E-state index in [1.54, 1.807) is 12.1 Å². The van der Waals surface area contributed by atoms with E-state index in [0.717, 1.165) is 0 Å². The zero-order valence-corrected chi connectivity index (χ0v) is 13.2. The number of halogens is 1. The van der Waals surface area contributed by atoms with Crippen molar-refractivity contribution in [2.75, 3.05) is 18.0 Å². The summed E-state index contributed by atoms with van der Waals surface area (Å²) < 4.78 is 19.4. The normalized spacial score (nSPS) is 16.2. The average molecular weight is 304 g/mol. The Hall–Kier alpha value is -2.09. The molecule has 0 atom stereocenters. The molecule has 0 radical (unpaired) electrons. The number of carbonyl (C=O) groups excluding carboxylic acids is 1. The Labute approximate surface area is 130 Å². The zero-order chi connectivity index (χ0) is 16.3. The molecule has 1 aliphatic heterocycles. The lowest BCUT2D eigenvalue weighted by Crippen LogP contribution is -2.39. The molecule has 0 unspecified atom stereocenters. The second-order valence-corrected chi connectivity index (χ2v) is 6.57. The third kappa shape index (κ3) is 3.97. The van der Waals surface area contributed by atoms with Gasteiger partial charge in [-0.2, -0.15) is 5.26 Å². The molecule has 1 aromatic carbocycles. The van der Waals surface area contributed by atoms with Crippen LogP contribution in [0.2, 0.25) is 0 Å². The summed E-state index contributed by atoms with van der Waals surface area (Å²) in [6, 6.07) is 6.40. The Morgan fingerprint density at radius 1 is 1.36 bits per heavy atom. The number of esters is 1. The van der Waals surface area contributed by atoms with Gasteiger partial charge in [-0.3, -0.25) is 4.79 Å². The second kappa shape index (κ2) is 6.35. The summed E-state index contributed by atoms with van der Waals surface area (Å²) in [6.45, 7) is 6.77. The van der Waals surface area contributed by atoms with E-state index in [-0.39, 0.29) is 11.9 Å². The van der Waals surface area contributed by atoms with Crippen molar-refractivity contribution >= 4 is 11.7 Å². The molecule has 0 aromatic heterocycles. The van der Waals surface area contributed by atoms with Gasteiger partial charge in [-0.05, 0) is 51.8 Å². The fourth-order valence-corrected chi connectivity index (χ4v) is 2.57. The van der Waals surface area contributed by atoms with E-state index in [1.807, 2.05) is 31.7 Å². The van der Waals surface area contributed by atoms with Crippen molar-refractivity contribution in [1.82, 2.24) is 0 Å². The average Bonchev–Trinajstić information content (AvgIpc) is 2.45. The predicted octanol–water partition coefficient (Wildman–Crippen LogP) is 3.26. The maximum absolute atomic E-state index is 14.0. The fourth-order valence-electron chi connectivity index (χ4n) is 2.57. The summed E-state index contributed by atoms with van der Waals surface area (Å²) in [6.07, 6.45) is 1.29. The lowest BCUT2D eigenvalue weighted by molar-refractivity contribution is -0.160. The van der Waals surface area contributed by atoms with E-state index in [9.17, 15) is 9.18 Å². The molecule has 0 spiro atoms. The first-order valence-corrected chi connectivity index (χ1v) is 7.47. The van der Waals surface area contributed by atoms with Crippen LogP contribution in [0.25, 0.3) is 0 Å². The van der Waals surface area contributed by atoms with Gasteiger partial charge in [0.05, 0.1) is 23.2 Å². The van der Waals surface area contributed by atoms with Gasteiger partial charge in [0.1, 0.15) is 11.4 Å². The van der Waals surface area contributed by atoms with Gasteiger partial charge in [0.25, 0.3) is 0 Å². The summed E-state index contributed by atoms with van der Waals surface area (Å²) in [5.74, 6) is -0.695. The fraction of sp³-hybridized carbons (Fsp3) is 0.529. The smallest absolute Gasteiger partial charge is 0.309 e. The first-order valence-electron chi connectivity index (χ1n) is 7.47. The van der Waals surface area contributed by atoms with Crippen LogP contribution in [-0.2, 0) is 9.53 Å². The van der Waals surface area contributed by atoms with Gasteiger partial charge < -0.3 is 9.64 Å². The van der Waals surface area contributed by atoms with E-state index in [0.29, 0.717) is 37.2 Å². The van der Waals surface area contributed by atoms with Crippen molar-refractivity contribution in [2.24, 2.45) is 5.92 Å². The molecule has 2 rings (SSSR count). The van der Waals surface area contributed by atoms with E-state index >= 15 is 0 Å². The highest BCUT2D eigenvalue weighted by Gasteiger charge is 2.29. The van der Waals surface area contributed by atoms with E-state index in [1.165, 1.54) is 6.07 Å². The van der Waals surface area contributed by atoms with Crippen molar-refractivity contribution in [3.05, 3.63) is 29.6 Å². The molecule has 0 amide bonds. The van der Waals surface area contributed by atoms with Crippen LogP contribution in [0.15, 0.2) is 18.2 Å². The molecular weight excluding hydrogens is 283 g/mol. The number of nitrogens with zero attached hydrogens (tertiary/aromatic N) is 2. The van der Waals surface area contributed by atoms with Crippen molar-refractivity contribution < 1.29 is 13.9 Å². The van der Waals surface area contributed by atoms with Gasteiger partial charge in [-0.15, -0.1) is 0 Å². The number of carbonyl (C=O) groups is 1. The van der Waals surface area contributed by atoms with E-state index in [2.05, 4.69) is 0 Å². The molecule has 4 nitrogen and oxygen atoms in total. The second-order valence-electron chi connectivity index (χ2n) is 6.57. The van der Waals surface area contributed by atoms with Gasteiger partial charge >= 0.3 is 5.97 Å². The Kier molecular flexibility index (Phi) is 4.70. The number of anilines is 1. The SMILES string of the molecule is CC(C)(C)OC(=O)C1CCN(c2ccc(C#N)cc2F)CC1. The number of piperidine rings is 1. The molecule has 118 valence electrons. The Bertz CT molecular complexity index is 594. The third-order valence-corrected chi connectivity index (χ3v) is 3.65. The van der Waals surface area contributed by atoms with Gasteiger partial charge in [-0.25, -0.2) is 4.39 Å². The van der Waals surface area contributed by atoms with Crippen LogP contribution in [0.5, 0.6) is 0 Å². The zero-order valence-electron chi connectivity index (χ0n) is 13.2. The van der Waals surface area contributed by atoms with Crippen LogP contribution in [-0.4, -0.2) is 24.7 Å². The van der Waals surface area contributed by atoms with Crippen LogP contribution in [0.1, 0.15) is 39.2 Å². The van der Waals surface area contributed by atoms with Crippen molar-refractivity contribution in [3.8, 4) is 6.07 Å². The number of nitriles is 1. The minimum atomic E-state index is -0.479. The Morgan fingerprint density at radius 2 is 2.00 bits per heavy atom. The topological polar surface area (TPSA) is 53.3 Å². The monoisotopic (exact) mass is 304 g/mol. The molecular formula is C17H21FN2O2. The number of benzene rings is 1. The Balaban J connectivity index is 1.98. The van der Waals surface area contributed by atoms with Gasteiger partial charge in [0, 0.05) is 13.1 Å². The number of rotatable bonds is 2. The minimum absolute atomic E-state index is 0.128. The van der Waals surface area contributed by atoms with Crippen LogP contribution in [0.4, 0.5) is 10.1 Å². The summed E-state index contributed by atoms with van der Waals surface area (Å²) in [4.78, 5) is 14.0. The van der Waals surface area contributed by atoms with Crippen molar-refractivity contribution in [3.63, 3.8) is 0 Å². The van der Waals surface area contributed by atoms with Crippen LogP contribution in [0, 0.1) is 23.1 Å². The molecule has 22 heavy (non-hydrogen) atoms. The molecule has 0 aliphatic carbocycles. The molecule has 0 saturated carbocycles. The van der Waals surface area contributed by atoms with Gasteiger partial charge in [-0.1, -0.05) is 0 Å². The highest BCUT2D eigenvalue weighted by atomic mass is 19.1. The summed E-state index contributed by atoms with van der Waals surface area (Å²) in [5.41, 5.74) is 0.319. The number of hydrogen-bond acceptors (Lipinski definition) is 4. The molecule has 0 N–H and O–H groups in total. The highest BCUT2D eigenvalue weighted by molar-refractivity contribution is 5.73. The van der Waals surface area contributed by atoms with Crippen LogP contribution >= 0.6 is 0 Å². The molecule has 1 aromatic rings. The van der Waals surface area contributed by atoms with Gasteiger partial charge in [0.2, 0.25) is 0 Å². The number of hydrogen-bond donors (Lipinski definition) is 0. The van der Waals surface area contributed by atoms with Crippen molar-refractivity contribution in [1.29, 1.82) is 5.26 Å². The summed E-state index contributed by atoms with van der Waals surface area (Å²) >= 11 is 0. The molecule has 1 saturated heterocycles. The van der Waals surface area contributed by atoms with Gasteiger partial charge in [0.15, 0.2) is 0 Å². The maximum Gasteiger partial charge on any atom is 0.309 e. The minimum Gasteiger partial charge on any atom is -0.460 e. The lowest BCUT2D eigenvalue weighted by atomic mass is 9.96. The molecule has 0 bridgehead atoms. The molecule has 1 aliphatic rings. The van der Waals surface area contributed by atoms with E-state index in [4.69, 9.17) is 10.00 Å². The largest absolute Gasteiger partial charge is 0.460 e. The molecule has 5 heteroatoms. The predicted molar refractivity (Wildman–Crippen MR) is 81.9 cm³/mol. The summed E-state index contributed by atoms with van der Waals surface area (Å²) in [7, 11) is 0. The Morgan fingerprint density at radius 3 is 2.50 bits per heavy atom. The molecule has 1 heterocycles. The maximum atomic E-state index is 14.0. The first-order chi connectivity index (χ1) is 10.3. The number of ether oxygens (including phenoxy) is 1. The highest BCUT2D eigenvalue weighted by Crippen LogP contribution is 2.27.